The van der Waals surface area contributed by atoms with Gasteiger partial charge in [0.2, 0.25) is 0 Å². The molecule has 0 spiro atoms. The topological polar surface area (TPSA) is 21.6 Å². The van der Waals surface area contributed by atoms with E-state index in [1.54, 1.807) is 12.1 Å². The van der Waals surface area contributed by atoms with E-state index in [0.717, 1.165) is 12.1 Å². The fourth-order valence-corrected chi connectivity index (χ4v) is 2.36. The Labute approximate surface area is 99.0 Å². The summed E-state index contributed by atoms with van der Waals surface area (Å²) in [6, 6.07) is 4.78. The zero-order valence-corrected chi connectivity index (χ0v) is 9.96. The second-order valence-electron chi connectivity index (χ2n) is 4.00. The van der Waals surface area contributed by atoms with Gasteiger partial charge in [0, 0.05) is 16.5 Å². The van der Waals surface area contributed by atoms with E-state index in [4.69, 9.17) is 16.4 Å². The molecule has 86 valence electrons. The van der Waals surface area contributed by atoms with Crippen molar-refractivity contribution in [3.63, 3.8) is 0 Å². The van der Waals surface area contributed by atoms with Gasteiger partial charge in [0.1, 0.15) is 12.9 Å². The number of benzene rings is 1. The van der Waals surface area contributed by atoms with Gasteiger partial charge >= 0.3 is 0 Å². The molecule has 1 aliphatic rings. The average molecular weight is 242 g/mol. The Bertz CT molecular complexity index is 413. The van der Waals surface area contributed by atoms with Crippen molar-refractivity contribution in [2.45, 2.75) is 19.3 Å². The van der Waals surface area contributed by atoms with E-state index in [1.807, 2.05) is 6.92 Å². The molecule has 4 heteroatoms. The minimum atomic E-state index is -0.231. The summed E-state index contributed by atoms with van der Waals surface area (Å²) in [6.07, 6.45) is 0.888. The van der Waals surface area contributed by atoms with Crippen molar-refractivity contribution in [3.8, 4) is 0 Å². The van der Waals surface area contributed by atoms with Gasteiger partial charge in [-0.05, 0) is 31.4 Å². The van der Waals surface area contributed by atoms with Crippen LogP contribution in [0.25, 0.3) is 0 Å². The van der Waals surface area contributed by atoms with Crippen LogP contribution in [0.15, 0.2) is 23.4 Å². The van der Waals surface area contributed by atoms with Crippen LogP contribution < -0.4 is 0 Å². The summed E-state index contributed by atoms with van der Waals surface area (Å²) in [6.45, 7) is 1.89. The monoisotopic (exact) mass is 241 g/mol. The fraction of sp³-hybridized carbons (Fsp3) is 0.417. The molecule has 0 aliphatic heterocycles. The van der Waals surface area contributed by atoms with E-state index in [2.05, 4.69) is 5.16 Å². The zero-order valence-electron chi connectivity index (χ0n) is 9.21. The van der Waals surface area contributed by atoms with Crippen LogP contribution in [0.5, 0.6) is 0 Å². The number of halogens is 2. The van der Waals surface area contributed by atoms with Gasteiger partial charge in [0.05, 0.1) is 5.71 Å². The molecule has 0 N–H and O–H groups in total. The highest BCUT2D eigenvalue weighted by molar-refractivity contribution is 6.31. The molecular formula is C12H13ClFNO. The lowest BCUT2D eigenvalue weighted by atomic mass is 10.1. The molecule has 1 fully saturated rings. The lowest BCUT2D eigenvalue weighted by molar-refractivity contribution is 0.212. The number of rotatable bonds is 3. The van der Waals surface area contributed by atoms with Gasteiger partial charge in [-0.3, -0.25) is 0 Å². The first-order valence-corrected chi connectivity index (χ1v) is 5.54. The Hall–Kier alpha value is -1.09. The third-order valence-electron chi connectivity index (χ3n) is 2.93. The second-order valence-corrected chi connectivity index (χ2v) is 4.41. The fourth-order valence-electron chi connectivity index (χ4n) is 2.05. The van der Waals surface area contributed by atoms with Gasteiger partial charge in [0.25, 0.3) is 0 Å². The number of oxime groups is 1. The van der Waals surface area contributed by atoms with Crippen molar-refractivity contribution in [1.29, 1.82) is 0 Å². The molecule has 2 atom stereocenters. The zero-order chi connectivity index (χ0) is 11.7. The first-order valence-electron chi connectivity index (χ1n) is 5.16. The normalized spacial score (nSPS) is 24.4. The Balaban J connectivity index is 2.20. The largest absolute Gasteiger partial charge is 0.399 e. The number of hydrogen-bond acceptors (Lipinski definition) is 2. The first kappa shape index (κ1) is 11.4. The molecule has 1 aromatic carbocycles. The molecule has 1 saturated carbocycles. The van der Waals surface area contributed by atoms with E-state index in [1.165, 1.54) is 13.2 Å². The maximum Gasteiger partial charge on any atom is 0.128 e. The summed E-state index contributed by atoms with van der Waals surface area (Å²) in [5, 5.41) is 4.37. The van der Waals surface area contributed by atoms with Gasteiger partial charge in [-0.2, -0.15) is 0 Å². The quantitative estimate of drug-likeness (QED) is 0.585. The van der Waals surface area contributed by atoms with Crippen LogP contribution in [0.1, 0.15) is 24.8 Å². The summed E-state index contributed by atoms with van der Waals surface area (Å²) in [4.78, 5) is 4.71. The molecule has 0 amide bonds. The molecule has 2 rings (SSSR count). The van der Waals surface area contributed by atoms with Crippen molar-refractivity contribution in [2.75, 3.05) is 7.11 Å². The number of hydrogen-bond donors (Lipinski definition) is 0. The lowest BCUT2D eigenvalue weighted by Crippen LogP contribution is -1.99. The maximum absolute atomic E-state index is 13.6. The molecule has 1 aromatic rings. The van der Waals surface area contributed by atoms with E-state index in [9.17, 15) is 4.39 Å². The molecule has 0 saturated heterocycles. The molecule has 1 aliphatic carbocycles. The van der Waals surface area contributed by atoms with E-state index in [0.29, 0.717) is 10.6 Å². The predicted octanol–water partition coefficient (Wildman–Crippen LogP) is 3.60. The SMILES string of the molecule is CO/N=C(\C)C1CC1c1c(F)cccc1Cl. The number of nitrogens with zero attached hydrogens (tertiary/aromatic N) is 1. The van der Waals surface area contributed by atoms with Crippen LogP contribution in [-0.2, 0) is 4.84 Å². The molecule has 2 nitrogen and oxygen atoms in total. The highest BCUT2D eigenvalue weighted by atomic mass is 35.5. The van der Waals surface area contributed by atoms with Crippen LogP contribution in [0.4, 0.5) is 4.39 Å². The van der Waals surface area contributed by atoms with E-state index < -0.39 is 0 Å². The first-order chi connectivity index (χ1) is 7.65. The molecule has 16 heavy (non-hydrogen) atoms. The molecule has 0 aromatic heterocycles. The van der Waals surface area contributed by atoms with Gasteiger partial charge in [-0.15, -0.1) is 0 Å². The van der Waals surface area contributed by atoms with Crippen molar-refractivity contribution in [3.05, 3.63) is 34.6 Å². The van der Waals surface area contributed by atoms with Crippen LogP contribution in [-0.4, -0.2) is 12.8 Å². The lowest BCUT2D eigenvalue weighted by Gasteiger charge is -2.04. The standard InChI is InChI=1S/C12H13ClFNO/c1-7(15-16-2)8-6-9(8)12-10(13)4-3-5-11(12)14/h3-5,8-9H,6H2,1-2H3/b15-7+. The maximum atomic E-state index is 13.6. The Morgan fingerprint density at radius 2 is 2.31 bits per heavy atom. The summed E-state index contributed by atoms with van der Waals surface area (Å²) in [5.74, 6) is 0.173. The molecular weight excluding hydrogens is 229 g/mol. The van der Waals surface area contributed by atoms with Crippen molar-refractivity contribution >= 4 is 17.3 Å². The Morgan fingerprint density at radius 1 is 1.56 bits per heavy atom. The Kier molecular flexibility index (Phi) is 3.15. The average Bonchev–Trinajstić information content (AvgIpc) is 2.98. The van der Waals surface area contributed by atoms with Crippen molar-refractivity contribution in [1.82, 2.24) is 0 Å². The third-order valence-corrected chi connectivity index (χ3v) is 3.26. The predicted molar refractivity (Wildman–Crippen MR) is 62.4 cm³/mol. The van der Waals surface area contributed by atoms with E-state index in [-0.39, 0.29) is 17.7 Å². The van der Waals surface area contributed by atoms with Crippen LogP contribution in [0.3, 0.4) is 0 Å². The van der Waals surface area contributed by atoms with Crippen molar-refractivity contribution in [2.24, 2.45) is 11.1 Å². The summed E-state index contributed by atoms with van der Waals surface area (Å²) in [7, 11) is 1.51. The molecule has 0 radical (unpaired) electrons. The van der Waals surface area contributed by atoms with E-state index >= 15 is 0 Å². The molecule has 2 unspecified atom stereocenters. The van der Waals surface area contributed by atoms with Crippen LogP contribution in [0.2, 0.25) is 5.02 Å². The highest BCUT2D eigenvalue weighted by Gasteiger charge is 2.43. The molecule has 0 bridgehead atoms. The highest BCUT2D eigenvalue weighted by Crippen LogP contribution is 2.51. The molecule has 0 heterocycles. The van der Waals surface area contributed by atoms with Gasteiger partial charge < -0.3 is 4.84 Å². The summed E-state index contributed by atoms with van der Waals surface area (Å²) < 4.78 is 13.6. The second kappa shape index (κ2) is 4.42. The van der Waals surface area contributed by atoms with Crippen LogP contribution >= 0.6 is 11.6 Å². The smallest absolute Gasteiger partial charge is 0.128 e. The minimum absolute atomic E-state index is 0.146. The van der Waals surface area contributed by atoms with Gasteiger partial charge in [-0.25, -0.2) is 4.39 Å². The Morgan fingerprint density at radius 3 is 2.94 bits per heavy atom. The third kappa shape index (κ3) is 2.05. The van der Waals surface area contributed by atoms with Crippen LogP contribution in [0, 0.1) is 11.7 Å². The van der Waals surface area contributed by atoms with Gasteiger partial charge in [0.15, 0.2) is 0 Å². The summed E-state index contributed by atoms with van der Waals surface area (Å²) in [5.41, 5.74) is 1.51. The minimum Gasteiger partial charge on any atom is -0.399 e. The van der Waals surface area contributed by atoms with Gasteiger partial charge in [-0.1, -0.05) is 22.8 Å². The summed E-state index contributed by atoms with van der Waals surface area (Å²) >= 11 is 6.00. The van der Waals surface area contributed by atoms with Crippen molar-refractivity contribution < 1.29 is 9.23 Å².